The Labute approximate surface area is 90.2 Å². The van der Waals surface area contributed by atoms with Gasteiger partial charge in [0.25, 0.3) is 0 Å². The molecular formula is C8H13F3N2OS. The third kappa shape index (κ3) is 3.57. The standard InChI is InChI=1S/C8H13F3N2OS/c1-7(2)5(13-4-15-7)6(14)12-3-8(9,10)11/h5,13H,3-4H2,1-2H3,(H,12,14)/t5-/m1/s1. The summed E-state index contributed by atoms with van der Waals surface area (Å²) in [6.07, 6.45) is -4.36. The highest BCUT2D eigenvalue weighted by Crippen LogP contribution is 2.32. The molecule has 2 N–H and O–H groups in total. The quantitative estimate of drug-likeness (QED) is 0.762. The summed E-state index contributed by atoms with van der Waals surface area (Å²) in [5, 5.41) is 4.75. The van der Waals surface area contributed by atoms with Crippen LogP contribution in [0.25, 0.3) is 0 Å². The maximum atomic E-state index is 11.9. The van der Waals surface area contributed by atoms with Crippen molar-refractivity contribution < 1.29 is 18.0 Å². The van der Waals surface area contributed by atoms with Crippen LogP contribution in [0.1, 0.15) is 13.8 Å². The molecule has 1 heterocycles. The third-order valence-corrected chi connectivity index (χ3v) is 3.44. The highest BCUT2D eigenvalue weighted by molar-refractivity contribution is 8.00. The van der Waals surface area contributed by atoms with Gasteiger partial charge in [-0.05, 0) is 13.8 Å². The van der Waals surface area contributed by atoms with Gasteiger partial charge in [-0.1, -0.05) is 0 Å². The molecule has 1 fully saturated rings. The monoisotopic (exact) mass is 242 g/mol. The van der Waals surface area contributed by atoms with Crippen LogP contribution < -0.4 is 10.6 Å². The molecule has 0 saturated carbocycles. The Morgan fingerprint density at radius 3 is 2.60 bits per heavy atom. The maximum absolute atomic E-state index is 11.9. The van der Waals surface area contributed by atoms with Crippen molar-refractivity contribution in [2.75, 3.05) is 12.4 Å². The van der Waals surface area contributed by atoms with Gasteiger partial charge < -0.3 is 5.32 Å². The number of carbonyl (C=O) groups is 1. The molecular weight excluding hydrogens is 229 g/mol. The van der Waals surface area contributed by atoms with Crippen molar-refractivity contribution in [2.45, 2.75) is 30.8 Å². The SMILES string of the molecule is CC1(C)SCN[C@@H]1C(=O)NCC(F)(F)F. The van der Waals surface area contributed by atoms with Gasteiger partial charge in [0.15, 0.2) is 0 Å². The number of amides is 1. The van der Waals surface area contributed by atoms with E-state index >= 15 is 0 Å². The number of rotatable bonds is 2. The minimum absolute atomic E-state index is 0.365. The van der Waals surface area contributed by atoms with Crippen molar-refractivity contribution in [3.05, 3.63) is 0 Å². The molecule has 0 bridgehead atoms. The van der Waals surface area contributed by atoms with Crippen LogP contribution in [0.5, 0.6) is 0 Å². The van der Waals surface area contributed by atoms with Crippen LogP contribution >= 0.6 is 11.8 Å². The molecule has 1 atom stereocenters. The zero-order valence-corrected chi connectivity index (χ0v) is 9.26. The predicted octanol–water partition coefficient (Wildman–Crippen LogP) is 1.11. The first-order valence-corrected chi connectivity index (χ1v) is 5.43. The van der Waals surface area contributed by atoms with Crippen LogP contribution in [0, 0.1) is 0 Å². The fraction of sp³-hybridized carbons (Fsp3) is 0.875. The van der Waals surface area contributed by atoms with Crippen LogP contribution in [-0.2, 0) is 4.79 Å². The molecule has 0 spiro atoms. The van der Waals surface area contributed by atoms with Gasteiger partial charge in [-0.2, -0.15) is 13.2 Å². The predicted molar refractivity (Wildman–Crippen MR) is 52.5 cm³/mol. The van der Waals surface area contributed by atoms with Gasteiger partial charge >= 0.3 is 6.18 Å². The topological polar surface area (TPSA) is 41.1 Å². The van der Waals surface area contributed by atoms with E-state index in [1.54, 1.807) is 0 Å². The van der Waals surface area contributed by atoms with Crippen molar-refractivity contribution in [1.29, 1.82) is 0 Å². The van der Waals surface area contributed by atoms with Gasteiger partial charge in [-0.25, -0.2) is 0 Å². The Morgan fingerprint density at radius 1 is 1.60 bits per heavy atom. The first-order valence-electron chi connectivity index (χ1n) is 4.44. The summed E-state index contributed by atoms with van der Waals surface area (Å²) in [6, 6.07) is -0.565. The van der Waals surface area contributed by atoms with E-state index in [1.165, 1.54) is 11.8 Å². The summed E-state index contributed by atoms with van der Waals surface area (Å²) in [4.78, 5) is 11.4. The molecule has 0 aromatic rings. The summed E-state index contributed by atoms with van der Waals surface area (Å²) in [6.45, 7) is 2.38. The highest BCUT2D eigenvalue weighted by atomic mass is 32.2. The van der Waals surface area contributed by atoms with Gasteiger partial charge in [-0.15, -0.1) is 11.8 Å². The molecule has 15 heavy (non-hydrogen) atoms. The number of alkyl halides is 3. The van der Waals surface area contributed by atoms with E-state index in [-0.39, 0.29) is 4.75 Å². The Morgan fingerprint density at radius 2 is 2.20 bits per heavy atom. The minimum atomic E-state index is -4.36. The van der Waals surface area contributed by atoms with Gasteiger partial charge in [0, 0.05) is 10.6 Å². The molecule has 88 valence electrons. The Hall–Kier alpha value is -0.430. The molecule has 7 heteroatoms. The van der Waals surface area contributed by atoms with Crippen molar-refractivity contribution in [3.8, 4) is 0 Å². The zero-order valence-electron chi connectivity index (χ0n) is 8.44. The number of halogens is 3. The fourth-order valence-corrected chi connectivity index (χ4v) is 2.32. The number of hydrogen-bond acceptors (Lipinski definition) is 3. The number of nitrogens with one attached hydrogen (secondary N) is 2. The third-order valence-electron chi connectivity index (χ3n) is 2.15. The van der Waals surface area contributed by atoms with E-state index in [9.17, 15) is 18.0 Å². The smallest absolute Gasteiger partial charge is 0.346 e. The van der Waals surface area contributed by atoms with Crippen LogP contribution in [0.15, 0.2) is 0 Å². The first kappa shape index (κ1) is 12.6. The van der Waals surface area contributed by atoms with Crippen molar-refractivity contribution in [2.24, 2.45) is 0 Å². The average Bonchev–Trinajstić information content (AvgIpc) is 2.40. The summed E-state index contributed by atoms with van der Waals surface area (Å²) in [7, 11) is 0. The van der Waals surface area contributed by atoms with E-state index in [4.69, 9.17) is 0 Å². The van der Waals surface area contributed by atoms with Crippen LogP contribution in [0.4, 0.5) is 13.2 Å². The molecule has 0 unspecified atom stereocenters. The molecule has 1 saturated heterocycles. The van der Waals surface area contributed by atoms with E-state index < -0.39 is 24.7 Å². The summed E-state index contributed by atoms with van der Waals surface area (Å²) in [5.74, 6) is -0.0146. The van der Waals surface area contributed by atoms with E-state index in [0.717, 1.165) is 0 Å². The van der Waals surface area contributed by atoms with Gasteiger partial charge in [-0.3, -0.25) is 10.1 Å². The zero-order chi connectivity index (χ0) is 11.7. The normalized spacial score (nSPS) is 25.3. The average molecular weight is 242 g/mol. The van der Waals surface area contributed by atoms with Gasteiger partial charge in [0.1, 0.15) is 12.6 Å². The molecule has 1 aliphatic rings. The Kier molecular flexibility index (Phi) is 3.55. The van der Waals surface area contributed by atoms with Crippen molar-refractivity contribution in [3.63, 3.8) is 0 Å². The molecule has 1 rings (SSSR count). The van der Waals surface area contributed by atoms with Crippen molar-refractivity contribution >= 4 is 17.7 Å². The Bertz CT molecular complexity index is 255. The van der Waals surface area contributed by atoms with E-state index in [2.05, 4.69) is 5.32 Å². The molecule has 0 aliphatic carbocycles. The van der Waals surface area contributed by atoms with E-state index in [1.807, 2.05) is 19.2 Å². The summed E-state index contributed by atoms with van der Waals surface area (Å²) in [5.41, 5.74) is 0. The summed E-state index contributed by atoms with van der Waals surface area (Å²) < 4.78 is 35.2. The second-order valence-corrected chi connectivity index (χ2v) is 5.49. The second kappa shape index (κ2) is 4.21. The van der Waals surface area contributed by atoms with E-state index in [0.29, 0.717) is 5.88 Å². The molecule has 0 aromatic carbocycles. The Balaban J connectivity index is 2.48. The van der Waals surface area contributed by atoms with Crippen LogP contribution in [-0.4, -0.2) is 35.3 Å². The molecule has 3 nitrogen and oxygen atoms in total. The lowest BCUT2D eigenvalue weighted by molar-refractivity contribution is -0.139. The molecule has 1 aliphatic heterocycles. The first-order chi connectivity index (χ1) is 6.72. The lowest BCUT2D eigenvalue weighted by atomic mass is 10.0. The molecule has 0 radical (unpaired) electrons. The van der Waals surface area contributed by atoms with Gasteiger partial charge in [0.2, 0.25) is 5.91 Å². The number of carbonyl (C=O) groups excluding carboxylic acids is 1. The minimum Gasteiger partial charge on any atom is -0.346 e. The second-order valence-electron chi connectivity index (χ2n) is 3.86. The highest BCUT2D eigenvalue weighted by Gasteiger charge is 2.41. The fourth-order valence-electron chi connectivity index (χ4n) is 1.34. The van der Waals surface area contributed by atoms with Crippen molar-refractivity contribution in [1.82, 2.24) is 10.6 Å². The molecule has 0 aromatic heterocycles. The van der Waals surface area contributed by atoms with Crippen LogP contribution in [0.2, 0.25) is 0 Å². The maximum Gasteiger partial charge on any atom is 0.405 e. The lowest BCUT2D eigenvalue weighted by Crippen LogP contribution is -2.51. The lowest BCUT2D eigenvalue weighted by Gasteiger charge is -2.24. The largest absolute Gasteiger partial charge is 0.405 e. The summed E-state index contributed by atoms with van der Waals surface area (Å²) >= 11 is 1.52. The number of hydrogen-bond donors (Lipinski definition) is 2. The number of thioether (sulfide) groups is 1. The molecule has 1 amide bonds. The van der Waals surface area contributed by atoms with Gasteiger partial charge in [0.05, 0.1) is 0 Å². The van der Waals surface area contributed by atoms with Crippen LogP contribution in [0.3, 0.4) is 0 Å².